The fraction of sp³-hybridized carbons (Fsp3) is 0.417. The second-order valence-corrected chi connectivity index (χ2v) is 3.77. The van der Waals surface area contributed by atoms with E-state index in [0.29, 0.717) is 22.9 Å². The Labute approximate surface area is 100 Å². The molecule has 0 aliphatic rings. The second kappa shape index (κ2) is 6.38. The molecular weight excluding hydrogens is 228 g/mol. The second-order valence-electron chi connectivity index (χ2n) is 3.33. The van der Waals surface area contributed by atoms with Gasteiger partial charge < -0.3 is 9.47 Å². The Balaban J connectivity index is 2.85. The molecule has 1 aromatic carbocycles. The van der Waals surface area contributed by atoms with Crippen molar-refractivity contribution in [2.45, 2.75) is 19.8 Å². The minimum atomic E-state index is -0.436. The molecule has 0 saturated carbocycles. The van der Waals surface area contributed by atoms with E-state index in [1.54, 1.807) is 18.2 Å². The Morgan fingerprint density at radius 2 is 2.19 bits per heavy atom. The van der Waals surface area contributed by atoms with E-state index in [9.17, 15) is 4.79 Å². The van der Waals surface area contributed by atoms with Gasteiger partial charge in [0.1, 0.15) is 11.3 Å². The number of methoxy groups -OCH3 is 1. The van der Waals surface area contributed by atoms with Gasteiger partial charge in [-0.2, -0.15) is 0 Å². The van der Waals surface area contributed by atoms with Crippen LogP contribution in [0.3, 0.4) is 0 Å². The number of hydrogen-bond donors (Lipinski definition) is 0. The molecule has 0 saturated heterocycles. The van der Waals surface area contributed by atoms with Crippen molar-refractivity contribution in [3.05, 3.63) is 28.8 Å². The van der Waals surface area contributed by atoms with Crippen molar-refractivity contribution in [1.82, 2.24) is 0 Å². The monoisotopic (exact) mass is 242 g/mol. The summed E-state index contributed by atoms with van der Waals surface area (Å²) in [6.07, 6.45) is 1.99. The Morgan fingerprint density at radius 1 is 1.44 bits per heavy atom. The van der Waals surface area contributed by atoms with Crippen LogP contribution < -0.4 is 4.74 Å². The number of halogens is 1. The van der Waals surface area contributed by atoms with Crippen LogP contribution >= 0.6 is 11.6 Å². The molecule has 0 atom stereocenters. The maximum absolute atomic E-state index is 11.5. The van der Waals surface area contributed by atoms with Gasteiger partial charge in [-0.25, -0.2) is 4.79 Å². The molecule has 0 fully saturated rings. The van der Waals surface area contributed by atoms with Gasteiger partial charge >= 0.3 is 5.97 Å². The fourth-order valence-corrected chi connectivity index (χ4v) is 1.40. The van der Waals surface area contributed by atoms with Gasteiger partial charge in [0.15, 0.2) is 0 Å². The number of esters is 1. The lowest BCUT2D eigenvalue weighted by molar-refractivity contribution is 0.0596. The molecule has 0 aromatic heterocycles. The van der Waals surface area contributed by atoms with Crippen molar-refractivity contribution in [3.8, 4) is 5.75 Å². The third-order valence-electron chi connectivity index (χ3n) is 2.10. The molecule has 4 heteroatoms. The average molecular weight is 243 g/mol. The molecular formula is C12H15ClO3. The summed E-state index contributed by atoms with van der Waals surface area (Å²) in [5.74, 6) is 0.0821. The van der Waals surface area contributed by atoms with Crippen LogP contribution in [0.2, 0.25) is 5.02 Å². The lowest BCUT2D eigenvalue weighted by Gasteiger charge is -2.09. The Hall–Kier alpha value is -1.22. The van der Waals surface area contributed by atoms with Crippen molar-refractivity contribution in [2.24, 2.45) is 0 Å². The predicted molar refractivity (Wildman–Crippen MR) is 63.2 cm³/mol. The van der Waals surface area contributed by atoms with Crippen LogP contribution in [0, 0.1) is 0 Å². The molecule has 0 N–H and O–H groups in total. The van der Waals surface area contributed by atoms with Gasteiger partial charge in [-0.1, -0.05) is 24.9 Å². The summed E-state index contributed by atoms with van der Waals surface area (Å²) in [5.41, 5.74) is 0.367. The molecule has 0 aliphatic heterocycles. The smallest absolute Gasteiger partial charge is 0.341 e. The summed E-state index contributed by atoms with van der Waals surface area (Å²) >= 11 is 5.82. The number of benzene rings is 1. The normalized spacial score (nSPS) is 9.94. The molecule has 3 nitrogen and oxygen atoms in total. The van der Waals surface area contributed by atoms with Gasteiger partial charge in [-0.15, -0.1) is 0 Å². The molecule has 88 valence electrons. The lowest BCUT2D eigenvalue weighted by Crippen LogP contribution is -2.06. The van der Waals surface area contributed by atoms with Gasteiger partial charge in [0.25, 0.3) is 0 Å². The number of rotatable bonds is 5. The number of unbranched alkanes of at least 4 members (excludes halogenated alkanes) is 1. The van der Waals surface area contributed by atoms with E-state index in [1.165, 1.54) is 7.11 Å². The molecule has 0 spiro atoms. The largest absolute Gasteiger partial charge is 0.493 e. The van der Waals surface area contributed by atoms with Crippen LogP contribution in [0.1, 0.15) is 30.1 Å². The van der Waals surface area contributed by atoms with Crippen molar-refractivity contribution < 1.29 is 14.3 Å². The Bertz CT molecular complexity index is 363. The first kappa shape index (κ1) is 12.8. The number of ether oxygens (including phenoxy) is 2. The summed E-state index contributed by atoms with van der Waals surface area (Å²) in [5, 5.41) is 0.489. The van der Waals surface area contributed by atoms with Gasteiger partial charge in [-0.05, 0) is 24.6 Å². The topological polar surface area (TPSA) is 35.5 Å². The van der Waals surface area contributed by atoms with Crippen LogP contribution in [0.4, 0.5) is 0 Å². The van der Waals surface area contributed by atoms with E-state index in [-0.39, 0.29) is 0 Å². The highest BCUT2D eigenvalue weighted by molar-refractivity contribution is 6.31. The zero-order chi connectivity index (χ0) is 12.0. The molecule has 0 unspecified atom stereocenters. The molecule has 0 aliphatic carbocycles. The highest BCUT2D eigenvalue weighted by Gasteiger charge is 2.13. The zero-order valence-corrected chi connectivity index (χ0v) is 10.2. The average Bonchev–Trinajstić information content (AvgIpc) is 2.30. The van der Waals surface area contributed by atoms with E-state index in [2.05, 4.69) is 11.7 Å². The third kappa shape index (κ3) is 3.42. The molecule has 1 aromatic rings. The maximum Gasteiger partial charge on any atom is 0.341 e. The summed E-state index contributed by atoms with van der Waals surface area (Å²) in [7, 11) is 1.33. The summed E-state index contributed by atoms with van der Waals surface area (Å²) in [6, 6.07) is 4.92. The van der Waals surface area contributed by atoms with Crippen LogP contribution in [0.15, 0.2) is 18.2 Å². The number of carbonyl (C=O) groups excluding carboxylic acids is 1. The van der Waals surface area contributed by atoms with Gasteiger partial charge in [0, 0.05) is 5.02 Å². The highest BCUT2D eigenvalue weighted by Crippen LogP contribution is 2.23. The predicted octanol–water partition coefficient (Wildman–Crippen LogP) is 3.31. The molecule has 0 radical (unpaired) electrons. The van der Waals surface area contributed by atoms with Gasteiger partial charge in [0.2, 0.25) is 0 Å². The van der Waals surface area contributed by atoms with E-state index in [4.69, 9.17) is 16.3 Å². The Kier molecular flexibility index (Phi) is 5.12. The van der Waals surface area contributed by atoms with Crippen molar-refractivity contribution in [3.63, 3.8) is 0 Å². The third-order valence-corrected chi connectivity index (χ3v) is 2.34. The van der Waals surface area contributed by atoms with E-state index in [0.717, 1.165) is 12.8 Å². The standard InChI is InChI=1S/C12H15ClO3/c1-3-4-7-16-11-6-5-9(13)8-10(11)12(14)15-2/h5-6,8H,3-4,7H2,1-2H3. The SMILES string of the molecule is CCCCOc1ccc(Cl)cc1C(=O)OC. The number of carbonyl (C=O) groups is 1. The quantitative estimate of drug-likeness (QED) is 0.587. The van der Waals surface area contributed by atoms with Crippen LogP contribution in [-0.4, -0.2) is 19.7 Å². The van der Waals surface area contributed by atoms with E-state index < -0.39 is 5.97 Å². The van der Waals surface area contributed by atoms with Crippen molar-refractivity contribution in [1.29, 1.82) is 0 Å². The first-order valence-corrected chi connectivity index (χ1v) is 5.57. The minimum Gasteiger partial charge on any atom is -0.493 e. The van der Waals surface area contributed by atoms with Crippen LogP contribution in [-0.2, 0) is 4.74 Å². The number of hydrogen-bond acceptors (Lipinski definition) is 3. The van der Waals surface area contributed by atoms with E-state index >= 15 is 0 Å². The molecule has 0 heterocycles. The van der Waals surface area contributed by atoms with Crippen LogP contribution in [0.25, 0.3) is 0 Å². The van der Waals surface area contributed by atoms with Crippen LogP contribution in [0.5, 0.6) is 5.75 Å². The first-order valence-electron chi connectivity index (χ1n) is 5.19. The molecule has 0 amide bonds. The van der Waals surface area contributed by atoms with Gasteiger partial charge in [-0.3, -0.25) is 0 Å². The zero-order valence-electron chi connectivity index (χ0n) is 9.46. The van der Waals surface area contributed by atoms with Gasteiger partial charge in [0.05, 0.1) is 13.7 Å². The summed E-state index contributed by atoms with van der Waals surface area (Å²) in [4.78, 5) is 11.5. The Morgan fingerprint density at radius 3 is 2.81 bits per heavy atom. The molecule has 0 bridgehead atoms. The first-order chi connectivity index (χ1) is 7.69. The molecule has 16 heavy (non-hydrogen) atoms. The van der Waals surface area contributed by atoms with Crippen molar-refractivity contribution in [2.75, 3.05) is 13.7 Å². The minimum absolute atomic E-state index is 0.367. The molecule has 1 rings (SSSR count). The maximum atomic E-state index is 11.5. The van der Waals surface area contributed by atoms with Crippen molar-refractivity contribution >= 4 is 17.6 Å². The van der Waals surface area contributed by atoms with E-state index in [1.807, 2.05) is 0 Å². The lowest BCUT2D eigenvalue weighted by atomic mass is 10.2. The summed E-state index contributed by atoms with van der Waals surface area (Å²) < 4.78 is 10.2. The summed E-state index contributed by atoms with van der Waals surface area (Å²) in [6.45, 7) is 2.66. The fourth-order valence-electron chi connectivity index (χ4n) is 1.22. The highest BCUT2D eigenvalue weighted by atomic mass is 35.5.